The van der Waals surface area contributed by atoms with Crippen LogP contribution in [0.4, 0.5) is 5.69 Å². The summed E-state index contributed by atoms with van der Waals surface area (Å²) in [6.07, 6.45) is 5.83. The van der Waals surface area contributed by atoms with E-state index >= 15 is 0 Å². The average Bonchev–Trinajstić information content (AvgIpc) is 3.53. The number of aromatic nitrogens is 2. The highest BCUT2D eigenvalue weighted by Crippen LogP contribution is 2.26. The Labute approximate surface area is 225 Å². The van der Waals surface area contributed by atoms with Gasteiger partial charge in [0.2, 0.25) is 0 Å². The van der Waals surface area contributed by atoms with E-state index in [-0.39, 0.29) is 11.8 Å². The zero-order valence-corrected chi connectivity index (χ0v) is 22.7. The first-order valence-electron chi connectivity index (χ1n) is 12.3. The summed E-state index contributed by atoms with van der Waals surface area (Å²) in [6, 6.07) is 14.9. The molecule has 3 heterocycles. The van der Waals surface area contributed by atoms with Crippen molar-refractivity contribution >= 4 is 61.7 Å². The third-order valence-corrected chi connectivity index (χ3v) is 9.57. The van der Waals surface area contributed by atoms with Gasteiger partial charge in [-0.05, 0) is 66.6 Å². The van der Waals surface area contributed by atoms with Crippen LogP contribution in [0, 0.1) is 6.92 Å². The molecule has 0 aliphatic carbocycles. The molecule has 2 N–H and O–H groups in total. The Kier molecular flexibility index (Phi) is 7.18. The maximum Gasteiger partial charge on any atom is 0.266 e. The molecule has 2 aromatic carbocycles. The van der Waals surface area contributed by atoms with E-state index in [2.05, 4.69) is 15.5 Å². The molecule has 1 saturated heterocycles. The van der Waals surface area contributed by atoms with Crippen LogP contribution >= 0.6 is 11.3 Å². The summed E-state index contributed by atoms with van der Waals surface area (Å²) >= 11 is 1.36. The number of aryl methyl sites for hydroxylation is 1. The van der Waals surface area contributed by atoms with Crippen molar-refractivity contribution in [2.75, 3.05) is 24.7 Å². The molecule has 8 nitrogen and oxygen atoms in total. The SMILES string of the molecule is Cc1ccsc1C(=O)Nc1cc(C(=O)N2CCC(S(C)(=O)=O)CC2)ccc1/C=C/c1n[nH]c2ccccc12. The number of nitrogens with one attached hydrogen (secondary N) is 2. The van der Waals surface area contributed by atoms with Crippen molar-refractivity contribution < 1.29 is 18.0 Å². The van der Waals surface area contributed by atoms with Gasteiger partial charge in [-0.1, -0.05) is 30.3 Å². The van der Waals surface area contributed by atoms with Crippen LogP contribution in [0.2, 0.25) is 0 Å². The van der Waals surface area contributed by atoms with Crippen LogP contribution in [0.15, 0.2) is 53.9 Å². The highest BCUT2D eigenvalue weighted by molar-refractivity contribution is 7.91. The number of amides is 2. The summed E-state index contributed by atoms with van der Waals surface area (Å²) in [4.78, 5) is 28.7. The molecule has 0 atom stereocenters. The van der Waals surface area contributed by atoms with Crippen LogP contribution in [0.1, 0.15) is 49.7 Å². The molecular formula is C28H28N4O4S2. The van der Waals surface area contributed by atoms with Gasteiger partial charge in [0.25, 0.3) is 11.8 Å². The maximum absolute atomic E-state index is 13.3. The van der Waals surface area contributed by atoms with E-state index in [1.807, 2.05) is 54.8 Å². The second-order valence-electron chi connectivity index (χ2n) is 9.50. The lowest BCUT2D eigenvalue weighted by molar-refractivity contribution is 0.0725. The van der Waals surface area contributed by atoms with Crippen molar-refractivity contribution in [1.82, 2.24) is 15.1 Å². The number of piperidine rings is 1. The number of H-pyrrole nitrogens is 1. The van der Waals surface area contributed by atoms with Crippen LogP contribution in [0.25, 0.3) is 23.1 Å². The summed E-state index contributed by atoms with van der Waals surface area (Å²) in [6.45, 7) is 2.63. The molecule has 1 fully saturated rings. The van der Waals surface area contributed by atoms with Crippen LogP contribution in [0.3, 0.4) is 0 Å². The Balaban J connectivity index is 1.43. The number of hydrogen-bond donors (Lipinski definition) is 2. The molecule has 0 bridgehead atoms. The van der Waals surface area contributed by atoms with Crippen LogP contribution in [-0.2, 0) is 9.84 Å². The fourth-order valence-corrected chi connectivity index (χ4v) is 6.56. The quantitative estimate of drug-likeness (QED) is 0.352. The predicted molar refractivity (Wildman–Crippen MR) is 152 cm³/mol. The molecule has 0 saturated carbocycles. The number of benzene rings is 2. The van der Waals surface area contributed by atoms with Crippen molar-refractivity contribution in [3.63, 3.8) is 0 Å². The molecule has 196 valence electrons. The number of likely N-dealkylation sites (tertiary alicyclic amines) is 1. The van der Waals surface area contributed by atoms with E-state index in [9.17, 15) is 18.0 Å². The number of para-hydroxylation sites is 1. The van der Waals surface area contributed by atoms with Gasteiger partial charge in [-0.25, -0.2) is 8.42 Å². The number of aromatic amines is 1. The number of anilines is 1. The topological polar surface area (TPSA) is 112 Å². The van der Waals surface area contributed by atoms with E-state index in [0.29, 0.717) is 42.1 Å². The molecule has 0 unspecified atom stereocenters. The van der Waals surface area contributed by atoms with E-state index in [1.54, 1.807) is 23.1 Å². The van der Waals surface area contributed by atoms with Gasteiger partial charge in [-0.2, -0.15) is 5.10 Å². The number of carbonyl (C=O) groups excluding carboxylic acids is 2. The monoisotopic (exact) mass is 548 g/mol. The molecule has 1 aliphatic rings. The fourth-order valence-electron chi connectivity index (χ4n) is 4.68. The Morgan fingerprint density at radius 3 is 2.58 bits per heavy atom. The Morgan fingerprint density at radius 1 is 1.11 bits per heavy atom. The van der Waals surface area contributed by atoms with Crippen molar-refractivity contribution in [1.29, 1.82) is 0 Å². The molecule has 38 heavy (non-hydrogen) atoms. The molecule has 5 rings (SSSR count). The third-order valence-electron chi connectivity index (χ3n) is 6.87. The third kappa shape index (κ3) is 5.41. The summed E-state index contributed by atoms with van der Waals surface area (Å²) in [7, 11) is -3.13. The van der Waals surface area contributed by atoms with Gasteiger partial charge in [-0.3, -0.25) is 14.7 Å². The molecule has 0 spiro atoms. The highest BCUT2D eigenvalue weighted by atomic mass is 32.2. The number of thiophene rings is 1. The molecular weight excluding hydrogens is 520 g/mol. The Bertz CT molecular complexity index is 1640. The minimum absolute atomic E-state index is 0.187. The Morgan fingerprint density at radius 2 is 1.87 bits per heavy atom. The van der Waals surface area contributed by atoms with Crippen LogP contribution in [0.5, 0.6) is 0 Å². The second-order valence-corrected chi connectivity index (χ2v) is 12.7. The largest absolute Gasteiger partial charge is 0.339 e. The number of fused-ring (bicyclic) bond motifs is 1. The van der Waals surface area contributed by atoms with Crippen molar-refractivity contribution in [3.8, 4) is 0 Å². The van der Waals surface area contributed by atoms with Crippen LogP contribution < -0.4 is 5.32 Å². The summed E-state index contributed by atoms with van der Waals surface area (Å²) < 4.78 is 23.8. The molecule has 10 heteroatoms. The van der Waals surface area contributed by atoms with Gasteiger partial charge >= 0.3 is 0 Å². The van der Waals surface area contributed by atoms with Gasteiger partial charge in [-0.15, -0.1) is 11.3 Å². The minimum Gasteiger partial charge on any atom is -0.339 e. The van der Waals surface area contributed by atoms with Gasteiger partial charge < -0.3 is 10.2 Å². The zero-order valence-electron chi connectivity index (χ0n) is 21.1. The van der Waals surface area contributed by atoms with Crippen molar-refractivity contribution in [3.05, 3.63) is 81.2 Å². The van der Waals surface area contributed by atoms with E-state index in [0.717, 1.165) is 27.7 Å². The first-order chi connectivity index (χ1) is 18.2. The maximum atomic E-state index is 13.3. The van der Waals surface area contributed by atoms with E-state index in [1.165, 1.54) is 17.6 Å². The number of hydrogen-bond acceptors (Lipinski definition) is 6. The van der Waals surface area contributed by atoms with Gasteiger partial charge in [0.05, 0.1) is 21.3 Å². The van der Waals surface area contributed by atoms with Gasteiger partial charge in [0.15, 0.2) is 0 Å². The highest BCUT2D eigenvalue weighted by Gasteiger charge is 2.29. The number of sulfone groups is 1. The number of carbonyl (C=O) groups is 2. The second kappa shape index (κ2) is 10.5. The Hall–Kier alpha value is -3.76. The van der Waals surface area contributed by atoms with E-state index < -0.39 is 15.1 Å². The van der Waals surface area contributed by atoms with E-state index in [4.69, 9.17) is 0 Å². The van der Waals surface area contributed by atoms with Gasteiger partial charge in [0, 0.05) is 36.0 Å². The number of nitrogens with zero attached hydrogens (tertiary/aromatic N) is 2. The summed E-state index contributed by atoms with van der Waals surface area (Å²) in [5.41, 5.74) is 4.25. The molecule has 1 aliphatic heterocycles. The molecule has 2 aromatic heterocycles. The molecule has 4 aromatic rings. The lowest BCUT2D eigenvalue weighted by Crippen LogP contribution is -2.42. The summed E-state index contributed by atoms with van der Waals surface area (Å²) in [5, 5.41) is 12.8. The lowest BCUT2D eigenvalue weighted by Gasteiger charge is -2.31. The van der Waals surface area contributed by atoms with Gasteiger partial charge in [0.1, 0.15) is 9.84 Å². The normalized spacial score (nSPS) is 14.8. The van der Waals surface area contributed by atoms with Crippen molar-refractivity contribution in [2.24, 2.45) is 0 Å². The van der Waals surface area contributed by atoms with Crippen LogP contribution in [-0.4, -0.2) is 59.9 Å². The first kappa shape index (κ1) is 25.9. The standard InChI is InChI=1S/C28H28N4O4S2/c1-18-13-16-37-26(18)27(33)29-25-17-20(28(34)32-14-11-21(12-15-32)38(2,35)36)8-7-19(25)9-10-24-22-5-3-4-6-23(22)30-31-24/h3-10,13,16-17,21H,11-12,14-15H2,1-2H3,(H,29,33)(H,30,31)/b10-9+. The minimum atomic E-state index is -3.13. The fraction of sp³-hybridized carbons (Fsp3) is 0.250. The first-order valence-corrected chi connectivity index (χ1v) is 15.1. The lowest BCUT2D eigenvalue weighted by atomic mass is 10.0. The molecule has 2 amide bonds. The smallest absolute Gasteiger partial charge is 0.266 e. The zero-order chi connectivity index (χ0) is 26.9. The molecule has 0 radical (unpaired) electrons. The average molecular weight is 549 g/mol. The summed E-state index contributed by atoms with van der Waals surface area (Å²) in [5.74, 6) is -0.426. The predicted octanol–water partition coefficient (Wildman–Crippen LogP) is 5.00. The van der Waals surface area contributed by atoms with Crippen molar-refractivity contribution in [2.45, 2.75) is 25.0 Å². The number of rotatable bonds is 6.